The van der Waals surface area contributed by atoms with Crippen LogP contribution in [0.1, 0.15) is 33.1 Å². The molecule has 1 saturated carbocycles. The van der Waals surface area contributed by atoms with E-state index in [9.17, 15) is 13.8 Å². The molecule has 0 aromatic heterocycles. The Bertz CT molecular complexity index is 364. The van der Waals surface area contributed by atoms with Crippen LogP contribution in [0.4, 0.5) is 0 Å². The van der Waals surface area contributed by atoms with Crippen molar-refractivity contribution in [2.24, 2.45) is 11.3 Å². The number of nitrogens with one attached hydrogen (secondary N) is 1. The van der Waals surface area contributed by atoms with Crippen LogP contribution in [-0.2, 0) is 25.1 Å². The molecule has 1 unspecified atom stereocenters. The van der Waals surface area contributed by atoms with E-state index < -0.39 is 10.8 Å². The van der Waals surface area contributed by atoms with Crippen molar-refractivity contribution in [1.29, 1.82) is 0 Å². The molecule has 0 spiro atoms. The Labute approximate surface area is 116 Å². The maximum Gasteiger partial charge on any atom is 0.306 e. The number of carbonyl (C=O) groups excluding carboxylic acids is 2. The second-order valence-electron chi connectivity index (χ2n) is 5.68. The highest BCUT2D eigenvalue weighted by atomic mass is 32.2. The largest absolute Gasteiger partial charge is 0.469 e. The molecule has 1 rings (SSSR count). The summed E-state index contributed by atoms with van der Waals surface area (Å²) in [6.45, 7) is 4.61. The fraction of sp³-hybridized carbons (Fsp3) is 0.846. The van der Waals surface area contributed by atoms with E-state index >= 15 is 0 Å². The van der Waals surface area contributed by atoms with Gasteiger partial charge in [0.25, 0.3) is 0 Å². The first kappa shape index (κ1) is 16.1. The van der Waals surface area contributed by atoms with Crippen LogP contribution in [0, 0.1) is 11.3 Å². The number of esters is 1. The first-order valence-corrected chi connectivity index (χ1v) is 8.04. The van der Waals surface area contributed by atoms with Gasteiger partial charge in [-0.25, -0.2) is 0 Å². The van der Waals surface area contributed by atoms with Gasteiger partial charge in [0.05, 0.1) is 13.5 Å². The third-order valence-electron chi connectivity index (χ3n) is 3.17. The number of amides is 1. The molecular weight excluding hydrogens is 266 g/mol. The Morgan fingerprint density at radius 3 is 2.47 bits per heavy atom. The van der Waals surface area contributed by atoms with Crippen molar-refractivity contribution in [3.63, 3.8) is 0 Å². The van der Waals surface area contributed by atoms with Crippen molar-refractivity contribution in [2.45, 2.75) is 33.1 Å². The first-order valence-electron chi connectivity index (χ1n) is 6.55. The molecule has 0 aromatic rings. The maximum absolute atomic E-state index is 11.9. The Morgan fingerprint density at radius 1 is 1.37 bits per heavy atom. The van der Waals surface area contributed by atoms with E-state index in [1.54, 1.807) is 0 Å². The van der Waals surface area contributed by atoms with Gasteiger partial charge in [-0.1, -0.05) is 13.8 Å². The third kappa shape index (κ3) is 6.18. The van der Waals surface area contributed by atoms with Gasteiger partial charge in [-0.2, -0.15) is 0 Å². The molecule has 0 radical (unpaired) electrons. The molecular formula is C13H23NO4S. The van der Waals surface area contributed by atoms with Crippen LogP contribution >= 0.6 is 0 Å². The zero-order valence-electron chi connectivity index (χ0n) is 11.9. The summed E-state index contributed by atoms with van der Waals surface area (Å²) in [7, 11) is 0.146. The summed E-state index contributed by atoms with van der Waals surface area (Å²) in [4.78, 5) is 22.8. The van der Waals surface area contributed by atoms with Crippen molar-refractivity contribution in [3.05, 3.63) is 0 Å². The van der Waals surface area contributed by atoms with E-state index in [0.717, 1.165) is 12.8 Å². The zero-order valence-corrected chi connectivity index (χ0v) is 12.7. The standard InChI is InChI=1S/C13H23NO4S/c1-10(2)7-14-11(15)8-19(17)9-13(4-5-13)6-12(16)18-3/h10H,4-9H2,1-3H3,(H,14,15). The smallest absolute Gasteiger partial charge is 0.306 e. The van der Waals surface area contributed by atoms with Crippen molar-refractivity contribution >= 4 is 22.7 Å². The molecule has 1 atom stereocenters. The molecule has 6 heteroatoms. The molecule has 0 aromatic carbocycles. The lowest BCUT2D eigenvalue weighted by molar-refractivity contribution is -0.141. The molecule has 1 fully saturated rings. The summed E-state index contributed by atoms with van der Waals surface area (Å²) >= 11 is 0. The van der Waals surface area contributed by atoms with E-state index in [2.05, 4.69) is 10.1 Å². The molecule has 0 saturated heterocycles. The Hall–Kier alpha value is -0.910. The van der Waals surface area contributed by atoms with Crippen LogP contribution in [0.2, 0.25) is 0 Å². The van der Waals surface area contributed by atoms with Gasteiger partial charge < -0.3 is 10.1 Å². The van der Waals surface area contributed by atoms with Crippen LogP contribution in [-0.4, -0.2) is 41.2 Å². The fourth-order valence-electron chi connectivity index (χ4n) is 1.84. The van der Waals surface area contributed by atoms with Crippen LogP contribution in [0.3, 0.4) is 0 Å². The molecule has 110 valence electrons. The number of ether oxygens (including phenoxy) is 1. The maximum atomic E-state index is 11.9. The molecule has 0 aliphatic heterocycles. The highest BCUT2D eigenvalue weighted by Crippen LogP contribution is 2.49. The SMILES string of the molecule is COC(=O)CC1(CS(=O)CC(=O)NCC(C)C)CC1. The van der Waals surface area contributed by atoms with Crippen molar-refractivity contribution in [3.8, 4) is 0 Å². The van der Waals surface area contributed by atoms with Crippen LogP contribution in [0.5, 0.6) is 0 Å². The quantitative estimate of drug-likeness (QED) is 0.672. The van der Waals surface area contributed by atoms with Crippen LogP contribution < -0.4 is 5.32 Å². The summed E-state index contributed by atoms with van der Waals surface area (Å²) < 4.78 is 16.6. The second kappa shape index (κ2) is 7.03. The van der Waals surface area contributed by atoms with Crippen molar-refractivity contribution in [1.82, 2.24) is 5.32 Å². The molecule has 19 heavy (non-hydrogen) atoms. The molecule has 0 heterocycles. The van der Waals surface area contributed by atoms with Crippen molar-refractivity contribution < 1.29 is 18.5 Å². The molecule has 5 nitrogen and oxygen atoms in total. The normalized spacial score (nSPS) is 17.9. The lowest BCUT2D eigenvalue weighted by atomic mass is 10.1. The number of methoxy groups -OCH3 is 1. The number of carbonyl (C=O) groups is 2. The third-order valence-corrected chi connectivity index (χ3v) is 4.69. The molecule has 0 bridgehead atoms. The van der Waals surface area contributed by atoms with Gasteiger partial charge in [0.1, 0.15) is 5.75 Å². The minimum absolute atomic E-state index is 0.0235. The molecule has 1 amide bonds. The molecule has 1 aliphatic rings. The minimum atomic E-state index is -1.21. The fourth-order valence-corrected chi connectivity index (χ4v) is 3.41. The first-order chi connectivity index (χ1) is 8.87. The monoisotopic (exact) mass is 289 g/mol. The number of hydrogen-bond donors (Lipinski definition) is 1. The zero-order chi connectivity index (χ0) is 14.5. The lowest BCUT2D eigenvalue weighted by Crippen LogP contribution is -2.33. The minimum Gasteiger partial charge on any atom is -0.469 e. The highest BCUT2D eigenvalue weighted by Gasteiger charge is 2.46. The highest BCUT2D eigenvalue weighted by molar-refractivity contribution is 7.85. The van der Waals surface area contributed by atoms with Crippen molar-refractivity contribution in [2.75, 3.05) is 25.2 Å². The summed E-state index contributed by atoms with van der Waals surface area (Å²) in [6, 6.07) is 0. The number of rotatable bonds is 8. The van der Waals surface area contributed by atoms with Gasteiger partial charge in [0.2, 0.25) is 5.91 Å². The second-order valence-corrected chi connectivity index (χ2v) is 7.14. The predicted octanol–water partition coefficient (Wildman–Crippen LogP) is 0.851. The topological polar surface area (TPSA) is 72.5 Å². The van der Waals surface area contributed by atoms with Crippen LogP contribution in [0.15, 0.2) is 0 Å². The Morgan fingerprint density at radius 2 is 2.00 bits per heavy atom. The van der Waals surface area contributed by atoms with Gasteiger partial charge in [-0.3, -0.25) is 13.8 Å². The van der Waals surface area contributed by atoms with Gasteiger partial charge >= 0.3 is 5.97 Å². The van der Waals surface area contributed by atoms with Gasteiger partial charge in [0.15, 0.2) is 0 Å². The average Bonchev–Trinajstić information content (AvgIpc) is 3.05. The van der Waals surface area contributed by atoms with Gasteiger partial charge in [0, 0.05) is 23.1 Å². The summed E-state index contributed by atoms with van der Waals surface area (Å²) in [6.07, 6.45) is 2.09. The lowest BCUT2D eigenvalue weighted by Gasteiger charge is -2.13. The van der Waals surface area contributed by atoms with E-state index in [-0.39, 0.29) is 23.0 Å². The Kier molecular flexibility index (Phi) is 5.97. The van der Waals surface area contributed by atoms with Gasteiger partial charge in [-0.15, -0.1) is 0 Å². The Balaban J connectivity index is 2.31. The molecule has 1 aliphatic carbocycles. The van der Waals surface area contributed by atoms with Gasteiger partial charge in [-0.05, 0) is 24.2 Å². The number of hydrogen-bond acceptors (Lipinski definition) is 4. The van der Waals surface area contributed by atoms with Crippen LogP contribution in [0.25, 0.3) is 0 Å². The van der Waals surface area contributed by atoms with E-state index in [4.69, 9.17) is 0 Å². The van der Waals surface area contributed by atoms with E-state index in [1.165, 1.54) is 7.11 Å². The van der Waals surface area contributed by atoms with E-state index in [0.29, 0.717) is 24.6 Å². The summed E-state index contributed by atoms with van der Waals surface area (Å²) in [5.41, 5.74) is -0.184. The summed E-state index contributed by atoms with van der Waals surface area (Å²) in [5.74, 6) is 0.374. The average molecular weight is 289 g/mol. The van der Waals surface area contributed by atoms with E-state index in [1.807, 2.05) is 13.8 Å². The predicted molar refractivity (Wildman–Crippen MR) is 74.0 cm³/mol. The summed E-state index contributed by atoms with van der Waals surface area (Å²) in [5, 5.41) is 2.75. The molecule has 1 N–H and O–H groups in total.